The first-order chi connectivity index (χ1) is 10.5. The lowest BCUT2D eigenvalue weighted by Crippen LogP contribution is -2.43. The SMILES string of the molecule is CC(C)O[C@@H]1[C@@H]([C@@H]2CCC[P@](=O)(OC(C)C)C2)O[C@@H](C)C1(C)C. The van der Waals surface area contributed by atoms with Gasteiger partial charge < -0.3 is 14.0 Å². The summed E-state index contributed by atoms with van der Waals surface area (Å²) >= 11 is 0. The van der Waals surface area contributed by atoms with E-state index in [2.05, 4.69) is 34.6 Å². The molecule has 2 aliphatic rings. The average Bonchev–Trinajstić information content (AvgIpc) is 2.60. The molecule has 0 aromatic carbocycles. The molecule has 0 aliphatic carbocycles. The molecular weight excluding hydrogens is 311 g/mol. The second-order valence-electron chi connectivity index (χ2n) is 8.45. The van der Waals surface area contributed by atoms with Crippen LogP contribution in [0.5, 0.6) is 0 Å². The largest absolute Gasteiger partial charge is 0.372 e. The van der Waals surface area contributed by atoms with Gasteiger partial charge in [-0.2, -0.15) is 0 Å². The smallest absolute Gasteiger partial charge is 0.203 e. The summed E-state index contributed by atoms with van der Waals surface area (Å²) in [4.78, 5) is 0. The van der Waals surface area contributed by atoms with Crippen molar-refractivity contribution in [2.24, 2.45) is 11.3 Å². The standard InChI is InChI=1S/C18H35O4P/c1-12(2)20-17-16(21-14(5)18(17,6)7)15-9-8-10-23(19,11-15)22-13(3)4/h12-17H,8-11H2,1-7H3/t14-,15+,16+,17+,23-/m0/s1. The fourth-order valence-corrected chi connectivity index (χ4v) is 6.84. The van der Waals surface area contributed by atoms with Gasteiger partial charge in [0, 0.05) is 17.7 Å². The molecule has 0 aromatic heterocycles. The molecule has 136 valence electrons. The van der Waals surface area contributed by atoms with E-state index in [9.17, 15) is 4.57 Å². The van der Waals surface area contributed by atoms with Crippen molar-refractivity contribution >= 4 is 7.37 Å². The first-order valence-corrected chi connectivity index (χ1v) is 11.1. The van der Waals surface area contributed by atoms with Crippen LogP contribution in [0.15, 0.2) is 0 Å². The van der Waals surface area contributed by atoms with Crippen LogP contribution >= 0.6 is 7.37 Å². The van der Waals surface area contributed by atoms with Gasteiger partial charge in [-0.15, -0.1) is 0 Å². The van der Waals surface area contributed by atoms with Crippen LogP contribution in [-0.4, -0.2) is 42.8 Å². The molecule has 0 radical (unpaired) electrons. The van der Waals surface area contributed by atoms with E-state index in [0.29, 0.717) is 12.3 Å². The van der Waals surface area contributed by atoms with Crippen LogP contribution in [0.1, 0.15) is 61.3 Å². The van der Waals surface area contributed by atoms with Crippen LogP contribution in [0, 0.1) is 11.3 Å². The average molecular weight is 346 g/mol. The summed E-state index contributed by atoms with van der Waals surface area (Å²) in [6, 6.07) is 0. The van der Waals surface area contributed by atoms with E-state index < -0.39 is 7.37 Å². The minimum absolute atomic E-state index is 0.0159. The third-order valence-corrected chi connectivity index (χ3v) is 8.14. The molecule has 5 heteroatoms. The number of rotatable bonds is 5. The lowest BCUT2D eigenvalue weighted by Gasteiger charge is -2.37. The highest BCUT2D eigenvalue weighted by atomic mass is 31.2. The second kappa shape index (κ2) is 7.15. The van der Waals surface area contributed by atoms with Crippen LogP contribution in [0.2, 0.25) is 0 Å². The zero-order valence-electron chi connectivity index (χ0n) is 15.9. The molecule has 2 heterocycles. The minimum atomic E-state index is -2.54. The molecule has 0 saturated carbocycles. The van der Waals surface area contributed by atoms with Crippen LogP contribution in [0.4, 0.5) is 0 Å². The molecule has 23 heavy (non-hydrogen) atoms. The van der Waals surface area contributed by atoms with Crippen LogP contribution in [0.3, 0.4) is 0 Å². The summed E-state index contributed by atoms with van der Waals surface area (Å²) in [6.07, 6.45) is 3.75. The van der Waals surface area contributed by atoms with Crippen LogP contribution in [0.25, 0.3) is 0 Å². The Bertz CT molecular complexity index is 446. The van der Waals surface area contributed by atoms with E-state index in [1.165, 1.54) is 0 Å². The minimum Gasteiger partial charge on any atom is -0.372 e. The van der Waals surface area contributed by atoms with Gasteiger partial charge in [0.15, 0.2) is 0 Å². The van der Waals surface area contributed by atoms with Gasteiger partial charge in [0.2, 0.25) is 7.37 Å². The number of hydrogen-bond acceptors (Lipinski definition) is 4. The molecule has 0 N–H and O–H groups in total. The molecule has 2 rings (SSSR count). The molecule has 0 unspecified atom stereocenters. The van der Waals surface area contributed by atoms with E-state index in [1.54, 1.807) is 0 Å². The Morgan fingerprint density at radius 2 is 1.83 bits per heavy atom. The first-order valence-electron chi connectivity index (χ1n) is 9.12. The van der Waals surface area contributed by atoms with Gasteiger partial charge in [-0.1, -0.05) is 13.8 Å². The Labute approximate surface area is 142 Å². The maximum Gasteiger partial charge on any atom is 0.203 e. The molecule has 0 spiro atoms. The maximum absolute atomic E-state index is 13.1. The summed E-state index contributed by atoms with van der Waals surface area (Å²) in [5, 5.41) is 0. The van der Waals surface area contributed by atoms with Crippen molar-refractivity contribution in [3.8, 4) is 0 Å². The zero-order valence-corrected chi connectivity index (χ0v) is 16.8. The van der Waals surface area contributed by atoms with Crippen molar-refractivity contribution in [1.29, 1.82) is 0 Å². The highest BCUT2D eigenvalue weighted by molar-refractivity contribution is 7.59. The van der Waals surface area contributed by atoms with Gasteiger partial charge in [0.05, 0.1) is 30.5 Å². The summed E-state index contributed by atoms with van der Waals surface area (Å²) in [5.41, 5.74) is -0.0325. The Kier molecular flexibility index (Phi) is 6.05. The van der Waals surface area contributed by atoms with E-state index in [-0.39, 0.29) is 41.9 Å². The van der Waals surface area contributed by atoms with Gasteiger partial charge in [-0.25, -0.2) is 0 Å². The van der Waals surface area contributed by atoms with Crippen molar-refractivity contribution in [1.82, 2.24) is 0 Å². The lowest BCUT2D eigenvalue weighted by atomic mass is 9.79. The Hall–Kier alpha value is 0.110. The molecule has 5 atom stereocenters. The number of ether oxygens (including phenoxy) is 2. The number of hydrogen-bond donors (Lipinski definition) is 0. The van der Waals surface area contributed by atoms with Gasteiger partial charge in [-0.3, -0.25) is 4.57 Å². The zero-order chi connectivity index (χ0) is 17.4. The van der Waals surface area contributed by atoms with Crippen molar-refractivity contribution in [2.75, 3.05) is 12.3 Å². The molecular formula is C18H35O4P. The summed E-state index contributed by atoms with van der Waals surface area (Å²) in [5.74, 6) is 0.265. The topological polar surface area (TPSA) is 44.8 Å². The maximum atomic E-state index is 13.1. The van der Waals surface area contributed by atoms with E-state index in [0.717, 1.165) is 12.8 Å². The fraction of sp³-hybridized carbons (Fsp3) is 1.00. The Balaban J connectivity index is 2.16. The van der Waals surface area contributed by atoms with Crippen LogP contribution in [-0.2, 0) is 18.6 Å². The normalized spacial score (nSPS) is 40.9. The van der Waals surface area contributed by atoms with Crippen molar-refractivity contribution in [3.63, 3.8) is 0 Å². The third-order valence-electron chi connectivity index (χ3n) is 5.31. The molecule has 0 bridgehead atoms. The van der Waals surface area contributed by atoms with E-state index in [1.807, 2.05) is 13.8 Å². The van der Waals surface area contributed by atoms with E-state index in [4.69, 9.17) is 14.0 Å². The highest BCUT2D eigenvalue weighted by Gasteiger charge is 2.53. The van der Waals surface area contributed by atoms with Crippen molar-refractivity contribution in [2.45, 2.75) is 91.8 Å². The monoisotopic (exact) mass is 346 g/mol. The van der Waals surface area contributed by atoms with Crippen molar-refractivity contribution < 1.29 is 18.6 Å². The van der Waals surface area contributed by atoms with Gasteiger partial charge in [0.25, 0.3) is 0 Å². The van der Waals surface area contributed by atoms with E-state index >= 15 is 0 Å². The fourth-order valence-electron chi connectivity index (χ4n) is 3.92. The third kappa shape index (κ3) is 4.39. The molecule has 0 aromatic rings. The quantitative estimate of drug-likeness (QED) is 0.677. The predicted molar refractivity (Wildman–Crippen MR) is 94.4 cm³/mol. The van der Waals surface area contributed by atoms with Crippen LogP contribution < -0.4 is 0 Å². The molecule has 4 nitrogen and oxygen atoms in total. The lowest BCUT2D eigenvalue weighted by molar-refractivity contribution is -0.0790. The van der Waals surface area contributed by atoms with Gasteiger partial charge in [0.1, 0.15) is 0 Å². The first kappa shape index (κ1) is 19.4. The molecule has 2 saturated heterocycles. The summed E-state index contributed by atoms with van der Waals surface area (Å²) in [6.45, 7) is 14.6. The highest BCUT2D eigenvalue weighted by Crippen LogP contribution is 2.56. The van der Waals surface area contributed by atoms with Gasteiger partial charge in [-0.05, 0) is 53.4 Å². The van der Waals surface area contributed by atoms with Crippen molar-refractivity contribution in [3.05, 3.63) is 0 Å². The molecule has 2 fully saturated rings. The Morgan fingerprint density at radius 3 is 2.39 bits per heavy atom. The summed E-state index contributed by atoms with van der Waals surface area (Å²) < 4.78 is 31.5. The molecule has 2 aliphatic heterocycles. The van der Waals surface area contributed by atoms with Gasteiger partial charge >= 0.3 is 0 Å². The predicted octanol–water partition coefficient (Wildman–Crippen LogP) is 4.71. The second-order valence-corrected chi connectivity index (χ2v) is 11.1. The summed E-state index contributed by atoms with van der Waals surface area (Å²) in [7, 11) is -2.54. The molecule has 0 amide bonds. The Morgan fingerprint density at radius 1 is 1.17 bits per heavy atom.